The number of amides is 1. The molecular formula is C14H19BrFNOS. The predicted octanol–water partition coefficient (Wildman–Crippen LogP) is 4.24. The lowest BCUT2D eigenvalue weighted by Crippen LogP contribution is -2.25. The summed E-state index contributed by atoms with van der Waals surface area (Å²) in [5.41, 5.74) is 0.0879. The summed E-state index contributed by atoms with van der Waals surface area (Å²) in [7, 11) is 0. The number of halogens is 2. The molecular weight excluding hydrogens is 329 g/mol. The molecule has 0 aromatic heterocycles. The minimum Gasteiger partial charge on any atom is -0.352 e. The van der Waals surface area contributed by atoms with Crippen LogP contribution >= 0.6 is 27.7 Å². The molecule has 0 aliphatic heterocycles. The van der Waals surface area contributed by atoms with Gasteiger partial charge in [-0.05, 0) is 52.9 Å². The van der Waals surface area contributed by atoms with E-state index in [1.807, 2.05) is 11.8 Å². The molecule has 0 bridgehead atoms. The molecule has 0 atom stereocenters. The molecule has 2 nitrogen and oxygen atoms in total. The maximum absolute atomic E-state index is 13.5. The van der Waals surface area contributed by atoms with Gasteiger partial charge in [-0.15, -0.1) is 0 Å². The Kier molecular flexibility index (Phi) is 8.14. The van der Waals surface area contributed by atoms with Crippen LogP contribution in [-0.2, 0) is 0 Å². The summed E-state index contributed by atoms with van der Waals surface area (Å²) < 4.78 is 14.0. The Bertz CT molecular complexity index is 394. The molecule has 0 heterocycles. The van der Waals surface area contributed by atoms with Crippen LogP contribution in [0.4, 0.5) is 4.39 Å². The number of hydrogen-bond acceptors (Lipinski definition) is 2. The van der Waals surface area contributed by atoms with Gasteiger partial charge in [-0.25, -0.2) is 4.39 Å². The van der Waals surface area contributed by atoms with Gasteiger partial charge < -0.3 is 5.32 Å². The zero-order valence-corrected chi connectivity index (χ0v) is 13.4. The Morgan fingerprint density at radius 2 is 2.05 bits per heavy atom. The molecule has 0 aliphatic rings. The van der Waals surface area contributed by atoms with E-state index in [4.69, 9.17) is 0 Å². The van der Waals surface area contributed by atoms with Crippen LogP contribution in [0.15, 0.2) is 22.7 Å². The monoisotopic (exact) mass is 347 g/mol. The highest BCUT2D eigenvalue weighted by Crippen LogP contribution is 2.19. The van der Waals surface area contributed by atoms with Crippen molar-refractivity contribution < 1.29 is 9.18 Å². The topological polar surface area (TPSA) is 29.1 Å². The minimum absolute atomic E-state index is 0.0879. The van der Waals surface area contributed by atoms with Crippen molar-refractivity contribution in [2.75, 3.05) is 18.6 Å². The van der Waals surface area contributed by atoms with Gasteiger partial charge in [0.2, 0.25) is 0 Å². The smallest absolute Gasteiger partial charge is 0.255 e. The molecule has 1 amide bonds. The fourth-order valence-corrected chi connectivity index (χ4v) is 2.74. The van der Waals surface area contributed by atoms with Crippen LogP contribution in [0, 0.1) is 5.82 Å². The van der Waals surface area contributed by atoms with Crippen molar-refractivity contribution in [1.82, 2.24) is 5.32 Å². The van der Waals surface area contributed by atoms with Crippen molar-refractivity contribution in [1.29, 1.82) is 0 Å². The fraction of sp³-hybridized carbons (Fsp3) is 0.500. The second-order valence-electron chi connectivity index (χ2n) is 4.26. The largest absolute Gasteiger partial charge is 0.352 e. The van der Waals surface area contributed by atoms with Gasteiger partial charge in [0.05, 0.1) is 5.56 Å². The highest BCUT2D eigenvalue weighted by Gasteiger charge is 2.14. The van der Waals surface area contributed by atoms with Crippen LogP contribution in [0.3, 0.4) is 0 Å². The number of thioether (sulfide) groups is 1. The Morgan fingerprint density at radius 1 is 1.32 bits per heavy atom. The molecule has 19 heavy (non-hydrogen) atoms. The van der Waals surface area contributed by atoms with E-state index >= 15 is 0 Å². The third-order valence-corrected chi connectivity index (χ3v) is 4.11. The van der Waals surface area contributed by atoms with Crippen LogP contribution < -0.4 is 5.32 Å². The summed E-state index contributed by atoms with van der Waals surface area (Å²) in [4.78, 5) is 11.8. The quantitative estimate of drug-likeness (QED) is 0.712. The van der Waals surface area contributed by atoms with Crippen molar-refractivity contribution in [3.63, 3.8) is 0 Å². The molecule has 0 spiro atoms. The Balaban J connectivity index is 2.28. The number of hydrogen-bond donors (Lipinski definition) is 1. The summed E-state index contributed by atoms with van der Waals surface area (Å²) in [6, 6.07) is 4.53. The molecule has 1 aromatic rings. The van der Waals surface area contributed by atoms with Crippen LogP contribution in [0.2, 0.25) is 0 Å². The van der Waals surface area contributed by atoms with Crippen molar-refractivity contribution >= 4 is 33.6 Å². The van der Waals surface area contributed by atoms with E-state index in [0.29, 0.717) is 11.0 Å². The molecule has 5 heteroatoms. The number of benzene rings is 1. The van der Waals surface area contributed by atoms with Crippen molar-refractivity contribution in [2.24, 2.45) is 0 Å². The Hall–Kier alpha value is -0.550. The summed E-state index contributed by atoms with van der Waals surface area (Å²) in [6.07, 6.45) is 6.53. The van der Waals surface area contributed by atoms with Crippen molar-refractivity contribution in [3.8, 4) is 0 Å². The maximum atomic E-state index is 13.5. The van der Waals surface area contributed by atoms with Crippen molar-refractivity contribution in [2.45, 2.75) is 25.7 Å². The standard InChI is InChI=1S/C14H19BrFNOS/c1-19-10-5-3-2-4-9-17-14(18)13-11(15)7-6-8-12(13)16/h6-8H,2-5,9-10H2,1H3,(H,17,18). The fourth-order valence-electron chi connectivity index (χ4n) is 1.73. The molecule has 106 valence electrons. The molecule has 0 fully saturated rings. The number of carbonyl (C=O) groups is 1. The molecule has 1 aromatic carbocycles. The van der Waals surface area contributed by atoms with Gasteiger partial charge in [-0.2, -0.15) is 11.8 Å². The van der Waals surface area contributed by atoms with Crippen LogP contribution in [0.25, 0.3) is 0 Å². The highest BCUT2D eigenvalue weighted by atomic mass is 79.9. The van der Waals surface area contributed by atoms with E-state index in [1.165, 1.54) is 24.7 Å². The van der Waals surface area contributed by atoms with Gasteiger partial charge in [0.15, 0.2) is 0 Å². The van der Waals surface area contributed by atoms with Gasteiger partial charge in [-0.1, -0.05) is 18.9 Å². The van der Waals surface area contributed by atoms with Gasteiger partial charge in [-0.3, -0.25) is 4.79 Å². The average Bonchev–Trinajstić information content (AvgIpc) is 2.37. The predicted molar refractivity (Wildman–Crippen MR) is 83.3 cm³/mol. The average molecular weight is 348 g/mol. The molecule has 1 rings (SSSR count). The van der Waals surface area contributed by atoms with Gasteiger partial charge in [0, 0.05) is 11.0 Å². The first-order valence-electron chi connectivity index (χ1n) is 6.38. The van der Waals surface area contributed by atoms with E-state index in [1.54, 1.807) is 12.1 Å². The normalized spacial score (nSPS) is 10.5. The van der Waals surface area contributed by atoms with E-state index in [9.17, 15) is 9.18 Å². The second kappa shape index (κ2) is 9.37. The number of nitrogens with one attached hydrogen (secondary N) is 1. The molecule has 0 saturated heterocycles. The maximum Gasteiger partial charge on any atom is 0.255 e. The number of unbranched alkanes of at least 4 members (excludes halogenated alkanes) is 3. The summed E-state index contributed by atoms with van der Waals surface area (Å²) in [5, 5.41) is 2.76. The van der Waals surface area contributed by atoms with E-state index in [-0.39, 0.29) is 11.5 Å². The Morgan fingerprint density at radius 3 is 2.74 bits per heavy atom. The van der Waals surface area contributed by atoms with Crippen LogP contribution in [0.1, 0.15) is 36.0 Å². The summed E-state index contributed by atoms with van der Waals surface area (Å²) in [6.45, 7) is 0.596. The van der Waals surface area contributed by atoms with E-state index in [0.717, 1.165) is 12.8 Å². The lowest BCUT2D eigenvalue weighted by atomic mass is 10.2. The van der Waals surface area contributed by atoms with Gasteiger partial charge in [0.25, 0.3) is 5.91 Å². The molecule has 0 unspecified atom stereocenters. The third-order valence-electron chi connectivity index (χ3n) is 2.75. The van der Waals surface area contributed by atoms with E-state index in [2.05, 4.69) is 27.5 Å². The molecule has 0 saturated carbocycles. The van der Waals surface area contributed by atoms with Crippen molar-refractivity contribution in [3.05, 3.63) is 34.1 Å². The highest BCUT2D eigenvalue weighted by molar-refractivity contribution is 9.10. The second-order valence-corrected chi connectivity index (χ2v) is 6.10. The number of rotatable bonds is 8. The minimum atomic E-state index is -0.494. The van der Waals surface area contributed by atoms with Crippen LogP contribution in [0.5, 0.6) is 0 Å². The molecule has 0 aliphatic carbocycles. The van der Waals surface area contributed by atoms with Gasteiger partial charge >= 0.3 is 0 Å². The van der Waals surface area contributed by atoms with Gasteiger partial charge in [0.1, 0.15) is 5.82 Å². The summed E-state index contributed by atoms with van der Waals surface area (Å²) >= 11 is 5.05. The zero-order chi connectivity index (χ0) is 14.1. The number of carbonyl (C=O) groups excluding carboxylic acids is 1. The van der Waals surface area contributed by atoms with Crippen LogP contribution in [-0.4, -0.2) is 24.5 Å². The van der Waals surface area contributed by atoms with E-state index < -0.39 is 5.82 Å². The Labute approximate surface area is 126 Å². The summed E-state index contributed by atoms with van der Waals surface area (Å²) in [5.74, 6) is 0.343. The molecule has 0 radical (unpaired) electrons. The first-order chi connectivity index (χ1) is 9.16. The SMILES string of the molecule is CSCCCCCCNC(=O)c1c(F)cccc1Br. The lowest BCUT2D eigenvalue weighted by molar-refractivity contribution is 0.0948. The first kappa shape index (κ1) is 16.5. The first-order valence-corrected chi connectivity index (χ1v) is 8.56. The lowest BCUT2D eigenvalue weighted by Gasteiger charge is -2.07. The third kappa shape index (κ3) is 5.95. The zero-order valence-electron chi connectivity index (χ0n) is 11.0. The molecule has 1 N–H and O–H groups in total.